The molecule has 0 bridgehead atoms. The Morgan fingerprint density at radius 1 is 1.50 bits per heavy atom. The molecule has 0 saturated heterocycles. The average molecular weight is 198 g/mol. The lowest BCUT2D eigenvalue weighted by Crippen LogP contribution is -2.31. The minimum atomic E-state index is 0.500. The minimum Gasteiger partial charge on any atom is -0.336 e. The van der Waals surface area contributed by atoms with Crippen LogP contribution < -0.4 is 5.32 Å². The normalized spacial score (nSPS) is 11.3. The highest BCUT2D eigenvalue weighted by atomic mass is 16.5. The molecule has 0 saturated carbocycles. The lowest BCUT2D eigenvalue weighted by Gasteiger charge is -2.20. The van der Waals surface area contributed by atoms with E-state index in [9.17, 15) is 0 Å². The summed E-state index contributed by atoms with van der Waals surface area (Å²) in [7, 11) is 2.09. The fraction of sp³-hybridized carbons (Fsp3) is 0.778. The van der Waals surface area contributed by atoms with Crippen molar-refractivity contribution in [1.29, 1.82) is 0 Å². The van der Waals surface area contributed by atoms with Gasteiger partial charge in [-0.05, 0) is 27.8 Å². The van der Waals surface area contributed by atoms with Gasteiger partial charge in [-0.3, -0.25) is 0 Å². The molecule has 0 amide bonds. The van der Waals surface area contributed by atoms with E-state index >= 15 is 0 Å². The Labute approximate surface area is 84.5 Å². The molecule has 0 radical (unpaired) electrons. The number of anilines is 1. The Morgan fingerprint density at radius 3 is 2.71 bits per heavy atom. The van der Waals surface area contributed by atoms with Gasteiger partial charge in [-0.2, -0.15) is 4.98 Å². The number of nitrogens with one attached hydrogen (secondary N) is 1. The second-order valence-corrected chi connectivity index (χ2v) is 3.65. The van der Waals surface area contributed by atoms with E-state index in [4.69, 9.17) is 4.52 Å². The van der Waals surface area contributed by atoms with E-state index in [-0.39, 0.29) is 0 Å². The second kappa shape index (κ2) is 4.95. The molecule has 0 unspecified atom stereocenters. The summed E-state index contributed by atoms with van der Waals surface area (Å²) in [4.78, 5) is 6.29. The predicted octanol–water partition coefficient (Wildman–Crippen LogP) is 1.13. The summed E-state index contributed by atoms with van der Waals surface area (Å²) >= 11 is 0. The largest absolute Gasteiger partial charge is 0.336 e. The van der Waals surface area contributed by atoms with E-state index in [0.717, 1.165) is 13.1 Å². The molecule has 1 heterocycles. The number of aromatic nitrogens is 2. The first kappa shape index (κ1) is 11.0. The van der Waals surface area contributed by atoms with Crippen molar-refractivity contribution in [2.75, 3.05) is 25.5 Å². The fourth-order valence-corrected chi connectivity index (χ4v) is 0.966. The number of hydrogen-bond acceptors (Lipinski definition) is 5. The summed E-state index contributed by atoms with van der Waals surface area (Å²) in [5.74, 6) is 0.657. The summed E-state index contributed by atoms with van der Waals surface area (Å²) in [5.41, 5.74) is 0. The van der Waals surface area contributed by atoms with Gasteiger partial charge < -0.3 is 14.7 Å². The van der Waals surface area contributed by atoms with E-state index in [0.29, 0.717) is 17.9 Å². The van der Waals surface area contributed by atoms with Crippen LogP contribution in [-0.4, -0.2) is 41.2 Å². The van der Waals surface area contributed by atoms with Gasteiger partial charge in [0, 0.05) is 19.1 Å². The standard InChI is InChI=1S/C9H18N4O/c1-7(2)13(4)6-5-10-9-11-8(3)12-14-9/h7H,5-6H2,1-4H3,(H,10,11,12). The smallest absolute Gasteiger partial charge is 0.321 e. The van der Waals surface area contributed by atoms with Crippen LogP contribution in [0.3, 0.4) is 0 Å². The van der Waals surface area contributed by atoms with E-state index in [1.807, 2.05) is 0 Å². The second-order valence-electron chi connectivity index (χ2n) is 3.65. The molecule has 5 heteroatoms. The average Bonchev–Trinajstić information content (AvgIpc) is 2.51. The van der Waals surface area contributed by atoms with Crippen LogP contribution >= 0.6 is 0 Å². The Bertz CT molecular complexity index is 272. The van der Waals surface area contributed by atoms with Crippen molar-refractivity contribution in [3.05, 3.63) is 5.82 Å². The van der Waals surface area contributed by atoms with Crippen LogP contribution in [0, 0.1) is 6.92 Å². The van der Waals surface area contributed by atoms with Gasteiger partial charge in [0.2, 0.25) is 0 Å². The number of hydrogen-bond donors (Lipinski definition) is 1. The summed E-state index contributed by atoms with van der Waals surface area (Å²) in [6, 6.07) is 1.06. The number of likely N-dealkylation sites (N-methyl/N-ethyl adjacent to an activating group) is 1. The number of aryl methyl sites for hydroxylation is 1. The van der Waals surface area contributed by atoms with Crippen molar-refractivity contribution < 1.29 is 4.52 Å². The van der Waals surface area contributed by atoms with Crippen LogP contribution in [0.1, 0.15) is 19.7 Å². The predicted molar refractivity (Wildman–Crippen MR) is 55.3 cm³/mol. The van der Waals surface area contributed by atoms with Crippen LogP contribution in [0.15, 0.2) is 4.52 Å². The first-order valence-electron chi connectivity index (χ1n) is 4.84. The third kappa shape index (κ3) is 3.33. The molecular formula is C9H18N4O. The third-order valence-corrected chi connectivity index (χ3v) is 2.15. The van der Waals surface area contributed by atoms with E-state index in [1.54, 1.807) is 6.92 Å². The van der Waals surface area contributed by atoms with Crippen molar-refractivity contribution >= 4 is 6.01 Å². The summed E-state index contributed by atoms with van der Waals surface area (Å²) in [6.45, 7) is 7.90. The molecule has 0 aliphatic carbocycles. The molecule has 1 N–H and O–H groups in total. The molecule has 0 aliphatic rings. The van der Waals surface area contributed by atoms with Crippen LogP contribution in [0.4, 0.5) is 6.01 Å². The zero-order valence-corrected chi connectivity index (χ0v) is 9.24. The minimum absolute atomic E-state index is 0.500. The fourth-order valence-electron chi connectivity index (χ4n) is 0.966. The maximum Gasteiger partial charge on any atom is 0.321 e. The molecule has 0 spiro atoms. The van der Waals surface area contributed by atoms with Crippen molar-refractivity contribution in [3.8, 4) is 0 Å². The van der Waals surface area contributed by atoms with Gasteiger partial charge in [-0.1, -0.05) is 5.16 Å². The van der Waals surface area contributed by atoms with Gasteiger partial charge >= 0.3 is 6.01 Å². The lowest BCUT2D eigenvalue weighted by molar-refractivity contribution is 0.283. The highest BCUT2D eigenvalue weighted by molar-refractivity contribution is 5.17. The lowest BCUT2D eigenvalue weighted by atomic mass is 10.3. The Balaban J connectivity index is 2.22. The summed E-state index contributed by atoms with van der Waals surface area (Å²) in [5, 5.41) is 6.76. The van der Waals surface area contributed by atoms with Crippen LogP contribution in [-0.2, 0) is 0 Å². The Morgan fingerprint density at radius 2 is 2.21 bits per heavy atom. The van der Waals surface area contributed by atoms with Gasteiger partial charge in [0.05, 0.1) is 0 Å². The Hall–Kier alpha value is -1.10. The molecule has 1 aromatic heterocycles. The van der Waals surface area contributed by atoms with E-state index in [2.05, 4.69) is 41.3 Å². The molecule has 1 aromatic rings. The first-order valence-corrected chi connectivity index (χ1v) is 4.84. The molecule has 0 atom stereocenters. The molecule has 0 fully saturated rings. The summed E-state index contributed by atoms with van der Waals surface area (Å²) in [6.07, 6.45) is 0. The molecule has 5 nitrogen and oxygen atoms in total. The van der Waals surface area contributed by atoms with Crippen molar-refractivity contribution in [3.63, 3.8) is 0 Å². The van der Waals surface area contributed by atoms with Crippen molar-refractivity contribution in [2.24, 2.45) is 0 Å². The topological polar surface area (TPSA) is 54.2 Å². The molecule has 0 aliphatic heterocycles. The maximum absolute atomic E-state index is 4.92. The maximum atomic E-state index is 4.92. The van der Waals surface area contributed by atoms with Crippen molar-refractivity contribution in [2.45, 2.75) is 26.8 Å². The third-order valence-electron chi connectivity index (χ3n) is 2.15. The molecule has 0 aromatic carbocycles. The molecule has 14 heavy (non-hydrogen) atoms. The van der Waals surface area contributed by atoms with E-state index < -0.39 is 0 Å². The number of nitrogens with zero attached hydrogens (tertiary/aromatic N) is 3. The highest BCUT2D eigenvalue weighted by Crippen LogP contribution is 2.01. The number of rotatable bonds is 5. The van der Waals surface area contributed by atoms with Crippen LogP contribution in [0.25, 0.3) is 0 Å². The van der Waals surface area contributed by atoms with Gasteiger partial charge in [0.25, 0.3) is 0 Å². The quantitative estimate of drug-likeness (QED) is 0.768. The highest BCUT2D eigenvalue weighted by Gasteiger charge is 2.04. The van der Waals surface area contributed by atoms with Gasteiger partial charge in [-0.25, -0.2) is 0 Å². The Kier molecular flexibility index (Phi) is 3.88. The van der Waals surface area contributed by atoms with Gasteiger partial charge in [-0.15, -0.1) is 0 Å². The summed E-state index contributed by atoms with van der Waals surface area (Å²) < 4.78 is 4.92. The molecule has 80 valence electrons. The van der Waals surface area contributed by atoms with Crippen LogP contribution in [0.5, 0.6) is 0 Å². The SMILES string of the molecule is Cc1noc(NCCN(C)C(C)C)n1. The molecular weight excluding hydrogens is 180 g/mol. The molecule has 1 rings (SSSR count). The zero-order valence-electron chi connectivity index (χ0n) is 9.24. The van der Waals surface area contributed by atoms with Crippen LogP contribution in [0.2, 0.25) is 0 Å². The monoisotopic (exact) mass is 198 g/mol. The zero-order chi connectivity index (χ0) is 10.6. The van der Waals surface area contributed by atoms with Gasteiger partial charge in [0.15, 0.2) is 5.82 Å². The van der Waals surface area contributed by atoms with E-state index in [1.165, 1.54) is 0 Å². The first-order chi connectivity index (χ1) is 6.59. The van der Waals surface area contributed by atoms with Crippen molar-refractivity contribution in [1.82, 2.24) is 15.0 Å². The van der Waals surface area contributed by atoms with Gasteiger partial charge in [0.1, 0.15) is 0 Å².